The lowest BCUT2D eigenvalue weighted by molar-refractivity contribution is 0.603. The third kappa shape index (κ3) is 2.41. The van der Waals surface area contributed by atoms with Gasteiger partial charge in [-0.15, -0.1) is 0 Å². The normalized spacial score (nSPS) is 11.8. The van der Waals surface area contributed by atoms with Crippen LogP contribution in [0.2, 0.25) is 4.47 Å². The summed E-state index contributed by atoms with van der Waals surface area (Å²) >= 11 is 7.56. The van der Waals surface area contributed by atoms with Crippen molar-refractivity contribution >= 4 is 61.4 Å². The van der Waals surface area contributed by atoms with E-state index < -0.39 is 10.0 Å². The third-order valence-electron chi connectivity index (χ3n) is 2.25. The second kappa shape index (κ2) is 4.67. The summed E-state index contributed by atoms with van der Waals surface area (Å²) in [5, 5.41) is 0. The van der Waals surface area contributed by atoms with Crippen LogP contribution in [0.25, 0.3) is 11.0 Å². The lowest BCUT2D eigenvalue weighted by Gasteiger charge is -2.05. The number of anilines is 1. The molecule has 0 aliphatic heterocycles. The first-order valence-electron chi connectivity index (χ1n) is 4.92. The van der Waals surface area contributed by atoms with E-state index in [1.54, 1.807) is 18.2 Å². The van der Waals surface area contributed by atoms with Gasteiger partial charge in [0.2, 0.25) is 0 Å². The molecular weight excluding hydrogens is 328 g/mol. The van der Waals surface area contributed by atoms with E-state index in [1.165, 1.54) is 6.20 Å². The highest BCUT2D eigenvalue weighted by Crippen LogP contribution is 2.27. The number of fused-ring (bicyclic) bond motifs is 1. The van der Waals surface area contributed by atoms with Crippen molar-refractivity contribution in [1.82, 2.24) is 13.7 Å². The van der Waals surface area contributed by atoms with Crippen LogP contribution in [0.3, 0.4) is 0 Å². The predicted molar refractivity (Wildman–Crippen MR) is 75.3 cm³/mol. The maximum Gasteiger partial charge on any atom is 0.273 e. The van der Waals surface area contributed by atoms with Crippen molar-refractivity contribution in [1.29, 1.82) is 0 Å². The minimum absolute atomic E-state index is 0.0534. The molecule has 3 rings (SSSR count). The Balaban J connectivity index is 2.03. The van der Waals surface area contributed by atoms with Gasteiger partial charge in [0, 0.05) is 0 Å². The molecule has 2 heterocycles. The monoisotopic (exact) mass is 332 g/mol. The van der Waals surface area contributed by atoms with Gasteiger partial charge >= 0.3 is 0 Å². The Hall–Kier alpha value is -1.29. The van der Waals surface area contributed by atoms with E-state index in [0.717, 1.165) is 23.1 Å². The first kappa shape index (κ1) is 12.7. The lowest BCUT2D eigenvalue weighted by atomic mass is 10.3. The first-order valence-corrected chi connectivity index (χ1v) is 8.32. The lowest BCUT2D eigenvalue weighted by Crippen LogP contribution is -2.11. The minimum atomic E-state index is -3.70. The molecule has 0 saturated carbocycles. The van der Waals surface area contributed by atoms with Gasteiger partial charge in [-0.1, -0.05) is 29.0 Å². The summed E-state index contributed by atoms with van der Waals surface area (Å²) in [6.07, 6.45) is 1.22. The number of nitrogens with zero attached hydrogens (tertiary/aromatic N) is 3. The molecule has 1 N–H and O–H groups in total. The number of halogens is 1. The molecule has 0 spiro atoms. The number of hydrogen-bond acceptors (Lipinski definition) is 7. The van der Waals surface area contributed by atoms with Crippen LogP contribution in [0, 0.1) is 0 Å². The highest BCUT2D eigenvalue weighted by atomic mass is 35.5. The van der Waals surface area contributed by atoms with E-state index in [1.807, 2.05) is 0 Å². The topological polar surface area (TPSA) is 84.8 Å². The summed E-state index contributed by atoms with van der Waals surface area (Å²) in [6.45, 7) is 0. The zero-order chi connectivity index (χ0) is 13.5. The smallest absolute Gasteiger partial charge is 0.273 e. The molecule has 98 valence electrons. The van der Waals surface area contributed by atoms with Crippen LogP contribution < -0.4 is 4.72 Å². The largest absolute Gasteiger partial charge is 0.277 e. The van der Waals surface area contributed by atoms with Crippen molar-refractivity contribution in [3.05, 3.63) is 28.9 Å². The highest BCUT2D eigenvalue weighted by Gasteiger charge is 2.19. The third-order valence-corrected chi connectivity index (χ3v) is 5.74. The zero-order valence-corrected chi connectivity index (χ0v) is 12.3. The maximum absolute atomic E-state index is 12.1. The molecule has 3 aromatic rings. The molecule has 0 saturated heterocycles. The molecule has 0 bridgehead atoms. The SMILES string of the molecule is O=S(=O)(Nc1cccc2nsnc12)c1cnc(Cl)s1. The molecule has 0 fully saturated rings. The van der Waals surface area contributed by atoms with Crippen LogP contribution in [0.15, 0.2) is 28.6 Å². The van der Waals surface area contributed by atoms with Crippen LogP contribution >= 0.6 is 34.7 Å². The van der Waals surface area contributed by atoms with Crippen molar-refractivity contribution in [2.24, 2.45) is 0 Å². The van der Waals surface area contributed by atoms with E-state index in [0.29, 0.717) is 16.7 Å². The fourth-order valence-electron chi connectivity index (χ4n) is 1.45. The Morgan fingerprint density at radius 3 is 2.84 bits per heavy atom. The quantitative estimate of drug-likeness (QED) is 0.796. The van der Waals surface area contributed by atoms with Gasteiger partial charge in [0.25, 0.3) is 10.0 Å². The standard InChI is InChI=1S/C9H5ClN4O2S3/c10-9-11-4-7(17-9)19(15,16)14-6-3-1-2-5-8(6)13-18-12-5/h1-4,14H. The molecule has 10 heteroatoms. The summed E-state index contributed by atoms with van der Waals surface area (Å²) in [5.74, 6) is 0. The fraction of sp³-hybridized carbons (Fsp3) is 0. The van der Waals surface area contributed by atoms with E-state index >= 15 is 0 Å². The average Bonchev–Trinajstić information content (AvgIpc) is 2.97. The molecule has 0 amide bonds. The molecular formula is C9H5ClN4O2S3. The molecule has 1 aromatic carbocycles. The molecule has 0 aliphatic rings. The van der Waals surface area contributed by atoms with Gasteiger partial charge in [0.05, 0.1) is 23.6 Å². The molecule has 0 unspecified atom stereocenters. The molecule has 2 aromatic heterocycles. The van der Waals surface area contributed by atoms with E-state index in [9.17, 15) is 8.42 Å². The summed E-state index contributed by atoms with van der Waals surface area (Å²) in [4.78, 5) is 3.72. The van der Waals surface area contributed by atoms with Gasteiger partial charge in [-0.25, -0.2) is 13.4 Å². The highest BCUT2D eigenvalue weighted by molar-refractivity contribution is 7.94. The van der Waals surface area contributed by atoms with Gasteiger partial charge in [0.15, 0.2) is 8.68 Å². The zero-order valence-electron chi connectivity index (χ0n) is 9.07. The predicted octanol–water partition coefficient (Wildman–Crippen LogP) is 2.60. The summed E-state index contributed by atoms with van der Waals surface area (Å²) in [7, 11) is -3.70. The van der Waals surface area contributed by atoms with Crippen molar-refractivity contribution in [2.45, 2.75) is 4.21 Å². The maximum atomic E-state index is 12.1. The van der Waals surface area contributed by atoms with Crippen LogP contribution in [-0.2, 0) is 10.0 Å². The van der Waals surface area contributed by atoms with Crippen molar-refractivity contribution in [3.8, 4) is 0 Å². The van der Waals surface area contributed by atoms with Gasteiger partial charge < -0.3 is 0 Å². The number of thiazole rings is 1. The minimum Gasteiger partial charge on any atom is -0.277 e. The van der Waals surface area contributed by atoms with Crippen LogP contribution in [0.5, 0.6) is 0 Å². The average molecular weight is 333 g/mol. The Bertz CT molecular complexity index is 842. The van der Waals surface area contributed by atoms with Crippen LogP contribution in [0.1, 0.15) is 0 Å². The second-order valence-electron chi connectivity index (χ2n) is 3.48. The van der Waals surface area contributed by atoms with E-state index in [2.05, 4.69) is 18.5 Å². The van der Waals surface area contributed by atoms with E-state index in [4.69, 9.17) is 11.6 Å². The van der Waals surface area contributed by atoms with Gasteiger partial charge in [-0.3, -0.25) is 4.72 Å². The Morgan fingerprint density at radius 2 is 2.11 bits per heavy atom. The Kier molecular flexibility index (Phi) is 3.13. The second-order valence-corrected chi connectivity index (χ2v) is 7.53. The summed E-state index contributed by atoms with van der Waals surface area (Å²) in [5.41, 5.74) is 1.55. The number of aromatic nitrogens is 3. The van der Waals surface area contributed by atoms with Crippen LogP contribution in [0.4, 0.5) is 5.69 Å². The summed E-state index contributed by atoms with van der Waals surface area (Å²) in [6, 6.07) is 5.10. The van der Waals surface area contributed by atoms with Gasteiger partial charge in [-0.2, -0.15) is 8.75 Å². The molecule has 0 atom stereocenters. The Morgan fingerprint density at radius 1 is 1.26 bits per heavy atom. The number of sulfonamides is 1. The fourth-order valence-corrected chi connectivity index (χ4v) is 4.36. The molecule has 0 radical (unpaired) electrons. The summed E-state index contributed by atoms with van der Waals surface area (Å²) < 4.78 is 35.1. The molecule has 19 heavy (non-hydrogen) atoms. The molecule has 6 nitrogen and oxygen atoms in total. The van der Waals surface area contributed by atoms with Crippen molar-refractivity contribution in [2.75, 3.05) is 4.72 Å². The number of benzene rings is 1. The van der Waals surface area contributed by atoms with E-state index in [-0.39, 0.29) is 8.68 Å². The van der Waals surface area contributed by atoms with Crippen molar-refractivity contribution in [3.63, 3.8) is 0 Å². The molecule has 0 aliphatic carbocycles. The van der Waals surface area contributed by atoms with Crippen LogP contribution in [-0.4, -0.2) is 22.1 Å². The number of rotatable bonds is 3. The number of hydrogen-bond donors (Lipinski definition) is 1. The first-order chi connectivity index (χ1) is 9.06. The van der Waals surface area contributed by atoms with Gasteiger partial charge in [0.1, 0.15) is 11.0 Å². The van der Waals surface area contributed by atoms with Crippen molar-refractivity contribution < 1.29 is 8.42 Å². The Labute approximate surface area is 121 Å². The van der Waals surface area contributed by atoms with Gasteiger partial charge in [-0.05, 0) is 12.1 Å². The number of nitrogens with one attached hydrogen (secondary N) is 1.